The summed E-state index contributed by atoms with van der Waals surface area (Å²) in [5.74, 6) is -0.238. The van der Waals surface area contributed by atoms with E-state index >= 15 is 0 Å². The molecule has 1 aliphatic rings. The lowest BCUT2D eigenvalue weighted by Gasteiger charge is -2.31. The number of benzene rings is 1. The molecule has 2 unspecified atom stereocenters. The smallest absolute Gasteiger partial charge is 0.129 e. The first-order chi connectivity index (χ1) is 9.58. The summed E-state index contributed by atoms with van der Waals surface area (Å²) < 4.78 is 13.9. The second-order valence-corrected chi connectivity index (χ2v) is 6.17. The summed E-state index contributed by atoms with van der Waals surface area (Å²) in [6.45, 7) is 3.30. The lowest BCUT2D eigenvalue weighted by Crippen LogP contribution is -2.36. The summed E-state index contributed by atoms with van der Waals surface area (Å²) in [5.41, 5.74) is 0.576. The van der Waals surface area contributed by atoms with Gasteiger partial charge in [0.05, 0.1) is 6.10 Å². The second kappa shape index (κ2) is 7.39. The zero-order valence-electron chi connectivity index (χ0n) is 12.0. The van der Waals surface area contributed by atoms with Gasteiger partial charge in [-0.05, 0) is 44.9 Å². The van der Waals surface area contributed by atoms with Crippen LogP contribution in [0.4, 0.5) is 4.39 Å². The van der Waals surface area contributed by atoms with Crippen molar-refractivity contribution >= 4 is 11.6 Å². The minimum absolute atomic E-state index is 0.238. The van der Waals surface area contributed by atoms with Crippen molar-refractivity contribution in [2.24, 2.45) is 0 Å². The van der Waals surface area contributed by atoms with E-state index in [2.05, 4.69) is 4.90 Å². The fraction of sp³-hybridized carbons (Fsp3) is 0.625. The van der Waals surface area contributed by atoms with Gasteiger partial charge in [0, 0.05) is 23.2 Å². The molecule has 0 spiro atoms. The molecule has 1 saturated heterocycles. The number of hydrogen-bond acceptors (Lipinski definition) is 2. The van der Waals surface area contributed by atoms with E-state index in [1.807, 2.05) is 6.92 Å². The van der Waals surface area contributed by atoms with Crippen molar-refractivity contribution in [1.29, 1.82) is 0 Å². The highest BCUT2D eigenvalue weighted by molar-refractivity contribution is 6.31. The standard InChI is InChI=1S/C16H23ClFNO/c1-12(20)10-13-6-3-2-4-9-19(13)11-14-15(17)7-5-8-16(14)18/h5,7-8,12-13,20H,2-4,6,9-11H2,1H3. The van der Waals surface area contributed by atoms with Crippen molar-refractivity contribution in [2.75, 3.05) is 6.54 Å². The van der Waals surface area contributed by atoms with Crippen LogP contribution in [0.5, 0.6) is 0 Å². The lowest BCUT2D eigenvalue weighted by molar-refractivity contribution is 0.107. The van der Waals surface area contributed by atoms with E-state index in [1.165, 1.54) is 18.9 Å². The Morgan fingerprint density at radius 2 is 2.20 bits per heavy atom. The molecule has 1 fully saturated rings. The SMILES string of the molecule is CC(O)CC1CCCCCN1Cc1c(F)cccc1Cl. The topological polar surface area (TPSA) is 23.5 Å². The van der Waals surface area contributed by atoms with E-state index in [1.54, 1.807) is 12.1 Å². The minimum Gasteiger partial charge on any atom is -0.393 e. The Balaban J connectivity index is 2.14. The molecule has 0 saturated carbocycles. The van der Waals surface area contributed by atoms with E-state index in [9.17, 15) is 9.50 Å². The largest absolute Gasteiger partial charge is 0.393 e. The van der Waals surface area contributed by atoms with Crippen LogP contribution in [-0.4, -0.2) is 28.7 Å². The molecule has 1 aromatic carbocycles. The summed E-state index contributed by atoms with van der Waals surface area (Å²) in [5, 5.41) is 10.2. The highest BCUT2D eigenvalue weighted by Crippen LogP contribution is 2.26. The van der Waals surface area contributed by atoms with Gasteiger partial charge in [0.2, 0.25) is 0 Å². The number of rotatable bonds is 4. The number of likely N-dealkylation sites (tertiary alicyclic amines) is 1. The van der Waals surface area contributed by atoms with Crippen LogP contribution in [0.2, 0.25) is 5.02 Å². The van der Waals surface area contributed by atoms with Crippen molar-refractivity contribution < 1.29 is 9.50 Å². The summed E-state index contributed by atoms with van der Waals surface area (Å²) >= 11 is 6.13. The molecule has 1 aliphatic heterocycles. The van der Waals surface area contributed by atoms with Gasteiger partial charge in [-0.15, -0.1) is 0 Å². The Hall–Kier alpha value is -0.640. The van der Waals surface area contributed by atoms with E-state index in [0.29, 0.717) is 23.2 Å². The van der Waals surface area contributed by atoms with Crippen LogP contribution in [-0.2, 0) is 6.54 Å². The average Bonchev–Trinajstić information content (AvgIpc) is 2.59. The minimum atomic E-state index is -0.323. The van der Waals surface area contributed by atoms with Crippen LogP contribution in [0.3, 0.4) is 0 Å². The first-order valence-corrected chi connectivity index (χ1v) is 7.80. The summed E-state index contributed by atoms with van der Waals surface area (Å²) in [6, 6.07) is 5.15. The number of nitrogens with zero attached hydrogens (tertiary/aromatic N) is 1. The van der Waals surface area contributed by atoms with Gasteiger partial charge in [-0.3, -0.25) is 4.90 Å². The zero-order valence-corrected chi connectivity index (χ0v) is 12.7. The Bertz CT molecular complexity index is 418. The number of aliphatic hydroxyl groups is 1. The summed E-state index contributed by atoms with van der Waals surface area (Å²) in [7, 11) is 0. The quantitative estimate of drug-likeness (QED) is 0.908. The first-order valence-electron chi connectivity index (χ1n) is 7.43. The van der Waals surface area contributed by atoms with Gasteiger partial charge in [-0.1, -0.05) is 30.5 Å². The third-order valence-electron chi connectivity index (χ3n) is 4.04. The maximum absolute atomic E-state index is 13.9. The molecule has 1 aromatic rings. The van der Waals surface area contributed by atoms with Gasteiger partial charge in [0.1, 0.15) is 5.82 Å². The molecule has 4 heteroatoms. The fourth-order valence-corrected chi connectivity index (χ4v) is 3.21. The monoisotopic (exact) mass is 299 g/mol. The average molecular weight is 300 g/mol. The Morgan fingerprint density at radius 3 is 2.90 bits per heavy atom. The van der Waals surface area contributed by atoms with Crippen LogP contribution < -0.4 is 0 Å². The molecule has 2 rings (SSSR count). The third kappa shape index (κ3) is 4.18. The molecule has 20 heavy (non-hydrogen) atoms. The molecule has 0 aromatic heterocycles. The number of hydrogen-bond donors (Lipinski definition) is 1. The van der Waals surface area contributed by atoms with Crippen LogP contribution in [0.25, 0.3) is 0 Å². The van der Waals surface area contributed by atoms with Gasteiger partial charge in [0.15, 0.2) is 0 Å². The first kappa shape index (κ1) is 15.7. The second-order valence-electron chi connectivity index (χ2n) is 5.76. The third-order valence-corrected chi connectivity index (χ3v) is 4.39. The summed E-state index contributed by atoms with van der Waals surface area (Å²) in [6.07, 6.45) is 5.00. The zero-order chi connectivity index (χ0) is 14.5. The van der Waals surface area contributed by atoms with Crippen molar-refractivity contribution in [3.8, 4) is 0 Å². The predicted octanol–water partition coefficient (Wildman–Crippen LogP) is 3.99. The van der Waals surface area contributed by atoms with Gasteiger partial charge in [0.25, 0.3) is 0 Å². The maximum atomic E-state index is 13.9. The van der Waals surface area contributed by atoms with Crippen LogP contribution in [0.15, 0.2) is 18.2 Å². The maximum Gasteiger partial charge on any atom is 0.129 e. The van der Waals surface area contributed by atoms with E-state index in [0.717, 1.165) is 25.8 Å². The predicted molar refractivity (Wildman–Crippen MR) is 80.4 cm³/mol. The Kier molecular flexibility index (Phi) is 5.82. The van der Waals surface area contributed by atoms with Gasteiger partial charge in [-0.2, -0.15) is 0 Å². The Labute approximate surface area is 125 Å². The Morgan fingerprint density at radius 1 is 1.40 bits per heavy atom. The fourth-order valence-electron chi connectivity index (χ4n) is 2.99. The number of halogens is 2. The van der Waals surface area contributed by atoms with Crippen LogP contribution in [0, 0.1) is 5.82 Å². The molecule has 1 N–H and O–H groups in total. The molecular weight excluding hydrogens is 277 g/mol. The lowest BCUT2D eigenvalue weighted by atomic mass is 10.0. The molecule has 0 radical (unpaired) electrons. The van der Waals surface area contributed by atoms with Crippen molar-refractivity contribution in [2.45, 2.75) is 57.7 Å². The normalized spacial score (nSPS) is 22.5. The van der Waals surface area contributed by atoms with Crippen LogP contribution >= 0.6 is 11.6 Å². The molecule has 1 heterocycles. The molecule has 0 aliphatic carbocycles. The van der Waals surface area contributed by atoms with Gasteiger partial charge >= 0.3 is 0 Å². The number of aliphatic hydroxyl groups excluding tert-OH is 1. The van der Waals surface area contributed by atoms with Crippen molar-refractivity contribution in [1.82, 2.24) is 4.90 Å². The molecule has 2 nitrogen and oxygen atoms in total. The van der Waals surface area contributed by atoms with Gasteiger partial charge < -0.3 is 5.11 Å². The van der Waals surface area contributed by atoms with Crippen LogP contribution in [0.1, 0.15) is 44.6 Å². The van der Waals surface area contributed by atoms with E-state index in [-0.39, 0.29) is 11.9 Å². The highest BCUT2D eigenvalue weighted by atomic mass is 35.5. The molecule has 112 valence electrons. The summed E-state index contributed by atoms with van der Waals surface area (Å²) in [4.78, 5) is 2.28. The van der Waals surface area contributed by atoms with E-state index in [4.69, 9.17) is 11.6 Å². The highest BCUT2D eigenvalue weighted by Gasteiger charge is 2.24. The molecule has 2 atom stereocenters. The van der Waals surface area contributed by atoms with Crippen molar-refractivity contribution in [3.63, 3.8) is 0 Å². The molecule has 0 amide bonds. The van der Waals surface area contributed by atoms with Gasteiger partial charge in [-0.25, -0.2) is 4.39 Å². The van der Waals surface area contributed by atoms with Crippen molar-refractivity contribution in [3.05, 3.63) is 34.6 Å². The molecule has 0 bridgehead atoms. The molecular formula is C16H23ClFNO. The van der Waals surface area contributed by atoms with E-state index < -0.39 is 0 Å².